The number of unbranched alkanes of at least 4 members (excludes halogenated alkanes) is 11. The Balaban J connectivity index is 3.20. The van der Waals surface area contributed by atoms with Gasteiger partial charge in [-0.3, -0.25) is 0 Å². The standard InChI is InChI=1S/C21H38/c1-3-5-7-9-11-13-15-17-19-21-20-18-16-14-12-10-8-6-4-2/h9,13,17,19H,3-8,10,12,14-16,18,20-21H2,1-2H3/b19-17+. The van der Waals surface area contributed by atoms with Gasteiger partial charge >= 0.3 is 0 Å². The molecule has 0 bridgehead atoms. The summed E-state index contributed by atoms with van der Waals surface area (Å²) in [6.45, 7) is 4.51. The van der Waals surface area contributed by atoms with Crippen molar-refractivity contribution in [1.82, 2.24) is 0 Å². The number of allylic oxidation sites excluding steroid dienone is 3. The van der Waals surface area contributed by atoms with Gasteiger partial charge in [0.25, 0.3) is 0 Å². The predicted molar refractivity (Wildman–Crippen MR) is 97.8 cm³/mol. The Hall–Kier alpha value is -0.740. The first kappa shape index (κ1) is 20.3. The highest BCUT2D eigenvalue weighted by Gasteiger charge is 1.90. The van der Waals surface area contributed by atoms with Gasteiger partial charge in [0.1, 0.15) is 0 Å². The Morgan fingerprint density at radius 3 is 1.86 bits per heavy atom. The van der Waals surface area contributed by atoms with Gasteiger partial charge in [-0.25, -0.2) is 0 Å². The molecule has 0 unspecified atom stereocenters. The van der Waals surface area contributed by atoms with Crippen molar-refractivity contribution < 1.29 is 0 Å². The fourth-order valence-electron chi connectivity index (χ4n) is 2.40. The largest absolute Gasteiger partial charge is 0.129 e. The van der Waals surface area contributed by atoms with Crippen molar-refractivity contribution >= 4 is 0 Å². The summed E-state index contributed by atoms with van der Waals surface area (Å²) in [7, 11) is 0. The van der Waals surface area contributed by atoms with E-state index in [1.165, 1.54) is 83.5 Å². The zero-order valence-corrected chi connectivity index (χ0v) is 14.7. The fourth-order valence-corrected chi connectivity index (χ4v) is 2.40. The Labute approximate surface area is 134 Å². The van der Waals surface area contributed by atoms with E-state index in [9.17, 15) is 0 Å². The van der Waals surface area contributed by atoms with Crippen LogP contribution in [0, 0.1) is 0 Å². The molecule has 0 aromatic carbocycles. The molecular formula is C21H38. The molecule has 0 spiro atoms. The fraction of sp³-hybridized carbons (Fsp3) is 0.762. The van der Waals surface area contributed by atoms with Gasteiger partial charge in [-0.2, -0.15) is 0 Å². The van der Waals surface area contributed by atoms with Crippen molar-refractivity contribution in [3.63, 3.8) is 0 Å². The summed E-state index contributed by atoms with van der Waals surface area (Å²) in [5, 5.41) is 0. The molecular weight excluding hydrogens is 252 g/mol. The minimum Gasteiger partial charge on any atom is -0.129 e. The monoisotopic (exact) mass is 290 g/mol. The van der Waals surface area contributed by atoms with Gasteiger partial charge < -0.3 is 0 Å². The van der Waals surface area contributed by atoms with Crippen LogP contribution >= 0.6 is 0 Å². The summed E-state index contributed by atoms with van der Waals surface area (Å²) >= 11 is 0. The maximum atomic E-state index is 3.26. The van der Waals surface area contributed by atoms with Crippen LogP contribution in [0.2, 0.25) is 0 Å². The van der Waals surface area contributed by atoms with E-state index in [2.05, 4.69) is 43.9 Å². The van der Waals surface area contributed by atoms with Crippen molar-refractivity contribution in [2.45, 2.75) is 104 Å². The SMILES string of the molecule is CCCCC=C=CC/C=C/CCCCCCCCCCC. The summed E-state index contributed by atoms with van der Waals surface area (Å²) in [6, 6.07) is 0. The molecule has 0 aliphatic heterocycles. The van der Waals surface area contributed by atoms with Gasteiger partial charge in [-0.05, 0) is 44.3 Å². The molecule has 0 radical (unpaired) electrons. The quantitative estimate of drug-likeness (QED) is 0.164. The van der Waals surface area contributed by atoms with Crippen molar-refractivity contribution in [3.05, 3.63) is 30.0 Å². The Morgan fingerprint density at radius 1 is 0.571 bits per heavy atom. The van der Waals surface area contributed by atoms with Crippen molar-refractivity contribution in [2.75, 3.05) is 0 Å². The van der Waals surface area contributed by atoms with Crippen LogP contribution < -0.4 is 0 Å². The molecule has 0 heterocycles. The van der Waals surface area contributed by atoms with E-state index < -0.39 is 0 Å². The zero-order valence-electron chi connectivity index (χ0n) is 14.7. The van der Waals surface area contributed by atoms with E-state index >= 15 is 0 Å². The van der Waals surface area contributed by atoms with E-state index in [1.54, 1.807) is 0 Å². The van der Waals surface area contributed by atoms with E-state index in [0.29, 0.717) is 0 Å². The van der Waals surface area contributed by atoms with Crippen LogP contribution in [0.5, 0.6) is 0 Å². The van der Waals surface area contributed by atoms with Crippen LogP contribution in [0.3, 0.4) is 0 Å². The Kier molecular flexibility index (Phi) is 18.6. The first-order valence-electron chi connectivity index (χ1n) is 9.46. The molecule has 0 N–H and O–H groups in total. The third-order valence-electron chi connectivity index (χ3n) is 3.83. The topological polar surface area (TPSA) is 0 Å². The molecule has 0 atom stereocenters. The van der Waals surface area contributed by atoms with Crippen LogP contribution in [0.15, 0.2) is 30.0 Å². The average molecular weight is 291 g/mol. The lowest BCUT2D eigenvalue weighted by molar-refractivity contribution is 0.566. The Morgan fingerprint density at radius 2 is 1.19 bits per heavy atom. The van der Waals surface area contributed by atoms with Crippen LogP contribution in [-0.4, -0.2) is 0 Å². The summed E-state index contributed by atoms with van der Waals surface area (Å²) in [5.74, 6) is 0. The molecule has 0 saturated carbocycles. The second-order valence-electron chi connectivity index (χ2n) is 6.04. The van der Waals surface area contributed by atoms with Crippen molar-refractivity contribution in [1.29, 1.82) is 0 Å². The minimum atomic E-state index is 1.04. The third-order valence-corrected chi connectivity index (χ3v) is 3.83. The second-order valence-corrected chi connectivity index (χ2v) is 6.04. The molecule has 21 heavy (non-hydrogen) atoms. The number of hydrogen-bond donors (Lipinski definition) is 0. The van der Waals surface area contributed by atoms with E-state index in [-0.39, 0.29) is 0 Å². The normalized spacial score (nSPS) is 10.8. The molecule has 0 saturated heterocycles. The summed E-state index contributed by atoms with van der Waals surface area (Å²) in [4.78, 5) is 0. The lowest BCUT2D eigenvalue weighted by atomic mass is 10.1. The first-order chi connectivity index (χ1) is 10.4. The van der Waals surface area contributed by atoms with Crippen molar-refractivity contribution in [3.8, 4) is 0 Å². The lowest BCUT2D eigenvalue weighted by Gasteiger charge is -2.00. The molecule has 0 amide bonds. The van der Waals surface area contributed by atoms with Crippen LogP contribution in [0.25, 0.3) is 0 Å². The highest BCUT2D eigenvalue weighted by molar-refractivity contribution is 4.93. The third kappa shape index (κ3) is 19.3. The summed E-state index contributed by atoms with van der Waals surface area (Å²) < 4.78 is 0. The molecule has 0 aromatic rings. The molecule has 0 nitrogen and oxygen atoms in total. The highest BCUT2D eigenvalue weighted by atomic mass is 14.0. The van der Waals surface area contributed by atoms with Gasteiger partial charge in [-0.15, -0.1) is 5.73 Å². The zero-order chi connectivity index (χ0) is 15.4. The highest BCUT2D eigenvalue weighted by Crippen LogP contribution is 2.10. The van der Waals surface area contributed by atoms with Gasteiger partial charge in [0.05, 0.1) is 0 Å². The molecule has 122 valence electrons. The van der Waals surface area contributed by atoms with Crippen LogP contribution in [0.4, 0.5) is 0 Å². The van der Waals surface area contributed by atoms with E-state index in [0.717, 1.165) is 6.42 Å². The van der Waals surface area contributed by atoms with E-state index in [4.69, 9.17) is 0 Å². The molecule has 0 heteroatoms. The Bertz CT molecular complexity index is 266. The van der Waals surface area contributed by atoms with Gasteiger partial charge in [0.15, 0.2) is 0 Å². The molecule has 0 rings (SSSR count). The maximum Gasteiger partial charge on any atom is -0.00930 e. The average Bonchev–Trinajstić information content (AvgIpc) is 2.50. The smallest absolute Gasteiger partial charge is 0.00930 e. The molecule has 0 aliphatic carbocycles. The van der Waals surface area contributed by atoms with Crippen LogP contribution in [-0.2, 0) is 0 Å². The summed E-state index contributed by atoms with van der Waals surface area (Å²) in [6.07, 6.45) is 27.7. The molecule has 0 fully saturated rings. The first-order valence-corrected chi connectivity index (χ1v) is 9.46. The predicted octanol–water partition coefficient (Wildman–Crippen LogP) is 7.76. The molecule has 0 aromatic heterocycles. The second kappa shape index (κ2) is 19.3. The van der Waals surface area contributed by atoms with Gasteiger partial charge in [-0.1, -0.05) is 83.8 Å². The number of hydrogen-bond acceptors (Lipinski definition) is 0. The van der Waals surface area contributed by atoms with Gasteiger partial charge in [0, 0.05) is 0 Å². The maximum absolute atomic E-state index is 3.26. The molecule has 0 aliphatic rings. The van der Waals surface area contributed by atoms with Gasteiger partial charge in [0.2, 0.25) is 0 Å². The number of rotatable bonds is 15. The van der Waals surface area contributed by atoms with Crippen LogP contribution in [0.1, 0.15) is 104 Å². The summed E-state index contributed by atoms with van der Waals surface area (Å²) in [5.41, 5.74) is 3.26. The minimum absolute atomic E-state index is 1.04. The van der Waals surface area contributed by atoms with E-state index in [1.807, 2.05) is 0 Å². The van der Waals surface area contributed by atoms with Crippen molar-refractivity contribution in [2.24, 2.45) is 0 Å². The lowest BCUT2D eigenvalue weighted by Crippen LogP contribution is -1.80.